The van der Waals surface area contributed by atoms with Crippen LogP contribution in [0, 0.1) is 13.8 Å². The van der Waals surface area contributed by atoms with E-state index in [2.05, 4.69) is 6.92 Å². The van der Waals surface area contributed by atoms with E-state index in [1.165, 1.54) is 6.42 Å². The minimum absolute atomic E-state index is 0.108. The Labute approximate surface area is 172 Å². The van der Waals surface area contributed by atoms with Crippen molar-refractivity contribution in [1.29, 1.82) is 0 Å². The van der Waals surface area contributed by atoms with Crippen molar-refractivity contribution >= 4 is 0 Å². The number of rotatable bonds is 6. The van der Waals surface area contributed by atoms with Gasteiger partial charge in [0.05, 0.1) is 18.8 Å². The molecular weight excluding hydrogens is 376 g/mol. The molecule has 3 rings (SSSR count). The largest absolute Gasteiger partial charge is 0.507 e. The smallest absolute Gasteiger partial charge is 0.229 e. The quantitative estimate of drug-likeness (QED) is 0.533. The second-order valence-electron chi connectivity index (χ2n) is 8.32. The highest BCUT2D eigenvalue weighted by Crippen LogP contribution is 2.42. The van der Waals surface area contributed by atoms with E-state index in [9.17, 15) is 20.4 Å². The number of fused-ring (bicyclic) bond motifs is 1. The van der Waals surface area contributed by atoms with Gasteiger partial charge in [-0.15, -0.1) is 0 Å². The molecule has 2 heterocycles. The van der Waals surface area contributed by atoms with Crippen molar-refractivity contribution in [3.8, 4) is 11.5 Å². The molecule has 0 spiro atoms. The van der Waals surface area contributed by atoms with Gasteiger partial charge in [-0.05, 0) is 44.7 Å². The van der Waals surface area contributed by atoms with Crippen LogP contribution in [0.2, 0.25) is 0 Å². The van der Waals surface area contributed by atoms with Crippen LogP contribution in [0.15, 0.2) is 0 Å². The van der Waals surface area contributed by atoms with Crippen molar-refractivity contribution in [3.63, 3.8) is 0 Å². The summed E-state index contributed by atoms with van der Waals surface area (Å²) < 4.78 is 17.6. The summed E-state index contributed by atoms with van der Waals surface area (Å²) in [7, 11) is 0. The Balaban J connectivity index is 1.87. The number of benzene rings is 1. The van der Waals surface area contributed by atoms with Crippen LogP contribution in [0.4, 0.5) is 0 Å². The van der Waals surface area contributed by atoms with Crippen LogP contribution in [-0.2, 0) is 22.5 Å². The van der Waals surface area contributed by atoms with E-state index in [0.717, 1.165) is 36.0 Å². The van der Waals surface area contributed by atoms with Crippen LogP contribution in [0.3, 0.4) is 0 Å². The molecule has 0 saturated carbocycles. The maximum atomic E-state index is 10.7. The molecular formula is C22H34O7. The molecule has 29 heavy (non-hydrogen) atoms. The van der Waals surface area contributed by atoms with Crippen molar-refractivity contribution < 1.29 is 34.6 Å². The summed E-state index contributed by atoms with van der Waals surface area (Å²) in [5.41, 5.74) is 3.21. The van der Waals surface area contributed by atoms with Crippen molar-refractivity contribution in [1.82, 2.24) is 0 Å². The first-order chi connectivity index (χ1) is 13.8. The van der Waals surface area contributed by atoms with Gasteiger partial charge >= 0.3 is 0 Å². The first-order valence-corrected chi connectivity index (χ1v) is 10.6. The minimum Gasteiger partial charge on any atom is -0.507 e. The molecule has 7 heteroatoms. The van der Waals surface area contributed by atoms with Gasteiger partial charge in [0.25, 0.3) is 0 Å². The molecule has 1 aromatic carbocycles. The molecule has 2 aliphatic rings. The summed E-state index contributed by atoms with van der Waals surface area (Å²) in [6.45, 7) is 7.77. The number of aromatic hydroxyl groups is 1. The van der Waals surface area contributed by atoms with Gasteiger partial charge in [-0.3, -0.25) is 0 Å². The predicted octanol–water partition coefficient (Wildman–Crippen LogP) is 2.24. The first-order valence-electron chi connectivity index (χ1n) is 10.6. The van der Waals surface area contributed by atoms with E-state index in [1.54, 1.807) is 13.8 Å². The zero-order valence-electron chi connectivity index (χ0n) is 17.7. The van der Waals surface area contributed by atoms with Crippen LogP contribution in [0.1, 0.15) is 61.8 Å². The maximum absolute atomic E-state index is 10.7. The van der Waals surface area contributed by atoms with Crippen molar-refractivity contribution in [3.05, 3.63) is 22.3 Å². The Bertz CT molecular complexity index is 720. The van der Waals surface area contributed by atoms with Gasteiger partial charge in [0, 0.05) is 11.1 Å². The summed E-state index contributed by atoms with van der Waals surface area (Å²) in [6.07, 6.45) is -0.630. The third-order valence-electron chi connectivity index (χ3n) is 6.21. The van der Waals surface area contributed by atoms with E-state index in [0.29, 0.717) is 24.3 Å². The van der Waals surface area contributed by atoms with E-state index >= 15 is 0 Å². The molecule has 7 nitrogen and oxygen atoms in total. The lowest BCUT2D eigenvalue weighted by Crippen LogP contribution is -2.58. The van der Waals surface area contributed by atoms with E-state index < -0.39 is 30.7 Å². The van der Waals surface area contributed by atoms with Crippen LogP contribution in [0.25, 0.3) is 0 Å². The van der Waals surface area contributed by atoms with Gasteiger partial charge < -0.3 is 34.6 Å². The van der Waals surface area contributed by atoms with Gasteiger partial charge in [-0.25, -0.2) is 0 Å². The third-order valence-corrected chi connectivity index (χ3v) is 6.21. The maximum Gasteiger partial charge on any atom is 0.229 e. The topological polar surface area (TPSA) is 109 Å². The van der Waals surface area contributed by atoms with Gasteiger partial charge in [-0.2, -0.15) is 0 Å². The van der Waals surface area contributed by atoms with E-state index in [1.807, 2.05) is 6.92 Å². The van der Waals surface area contributed by atoms with Crippen molar-refractivity contribution in [2.24, 2.45) is 0 Å². The fraction of sp³-hybridized carbons (Fsp3) is 0.727. The molecule has 0 bridgehead atoms. The van der Waals surface area contributed by atoms with E-state index in [-0.39, 0.29) is 11.9 Å². The van der Waals surface area contributed by atoms with Crippen LogP contribution < -0.4 is 4.74 Å². The molecule has 164 valence electrons. The zero-order chi connectivity index (χ0) is 21.3. The second kappa shape index (κ2) is 9.18. The molecule has 1 fully saturated rings. The summed E-state index contributed by atoms with van der Waals surface area (Å²) in [5, 5.41) is 41.0. The highest BCUT2D eigenvalue weighted by molar-refractivity contribution is 5.58. The fourth-order valence-corrected chi connectivity index (χ4v) is 4.23. The highest BCUT2D eigenvalue weighted by atomic mass is 16.7. The molecule has 6 atom stereocenters. The predicted molar refractivity (Wildman–Crippen MR) is 107 cm³/mol. The Hall–Kier alpha value is -1.38. The number of aliphatic hydroxyl groups excluding tert-OH is 3. The molecule has 0 unspecified atom stereocenters. The Kier molecular flexibility index (Phi) is 7.06. The average Bonchev–Trinajstić information content (AvgIpc) is 2.71. The number of hydrogen-bond acceptors (Lipinski definition) is 7. The summed E-state index contributed by atoms with van der Waals surface area (Å²) in [5.74, 6) is 0.571. The number of phenols is 1. The van der Waals surface area contributed by atoms with Crippen molar-refractivity contribution in [2.75, 3.05) is 0 Å². The SMILES string of the molecule is CCCCC[C@H]1Cc2c(C)c(O)c(C)c(O[C@@H]3O[C@@H](C)[C@H](O)[C@@H](O)[C@H]3O)c2CO1. The minimum atomic E-state index is -1.41. The number of unbranched alkanes of at least 4 members (excludes halogenated alkanes) is 2. The monoisotopic (exact) mass is 410 g/mol. The molecule has 2 aliphatic heterocycles. The summed E-state index contributed by atoms with van der Waals surface area (Å²) >= 11 is 0. The molecule has 0 radical (unpaired) electrons. The highest BCUT2D eigenvalue weighted by Gasteiger charge is 2.44. The lowest BCUT2D eigenvalue weighted by Gasteiger charge is -2.40. The Morgan fingerprint density at radius 2 is 1.72 bits per heavy atom. The van der Waals surface area contributed by atoms with Crippen LogP contribution in [0.5, 0.6) is 11.5 Å². The van der Waals surface area contributed by atoms with E-state index in [4.69, 9.17) is 14.2 Å². The standard InChI is InChI=1S/C22H34O7/c1-5-6-7-8-14-9-15-11(2)17(23)12(3)21(16(15)10-27-14)29-22-20(26)19(25)18(24)13(4)28-22/h13-14,18-20,22-26H,5-10H2,1-4H3/t13-,14-,18-,19+,20+,22-/m0/s1. The number of ether oxygens (including phenoxy) is 3. The molecule has 0 aromatic heterocycles. The second-order valence-corrected chi connectivity index (χ2v) is 8.32. The van der Waals surface area contributed by atoms with Gasteiger partial charge in [0.1, 0.15) is 29.8 Å². The first kappa shape index (κ1) is 22.3. The van der Waals surface area contributed by atoms with Gasteiger partial charge in [0.15, 0.2) is 0 Å². The molecule has 1 saturated heterocycles. The lowest BCUT2D eigenvalue weighted by molar-refractivity contribution is -0.268. The molecule has 1 aromatic rings. The zero-order valence-corrected chi connectivity index (χ0v) is 17.7. The van der Waals surface area contributed by atoms with Crippen LogP contribution in [-0.4, -0.2) is 57.2 Å². The summed E-state index contributed by atoms with van der Waals surface area (Å²) in [4.78, 5) is 0. The summed E-state index contributed by atoms with van der Waals surface area (Å²) in [6, 6.07) is 0. The lowest BCUT2D eigenvalue weighted by atomic mass is 9.89. The van der Waals surface area contributed by atoms with Crippen LogP contribution >= 0.6 is 0 Å². The fourth-order valence-electron chi connectivity index (χ4n) is 4.23. The number of phenolic OH excluding ortho intramolecular Hbond substituents is 1. The molecule has 0 aliphatic carbocycles. The molecule has 0 amide bonds. The van der Waals surface area contributed by atoms with Crippen molar-refractivity contribution in [2.45, 2.75) is 103 Å². The molecule has 4 N–H and O–H groups in total. The average molecular weight is 411 g/mol. The third kappa shape index (κ3) is 4.39. The Morgan fingerprint density at radius 3 is 2.41 bits per heavy atom. The van der Waals surface area contributed by atoms with Gasteiger partial charge in [0.2, 0.25) is 6.29 Å². The number of hydrogen-bond donors (Lipinski definition) is 4. The van der Waals surface area contributed by atoms with Gasteiger partial charge in [-0.1, -0.05) is 26.2 Å². The number of aliphatic hydroxyl groups is 3. The normalized spacial score (nSPS) is 32.1. The Morgan fingerprint density at radius 1 is 1.00 bits per heavy atom.